The number of anilines is 1. The van der Waals surface area contributed by atoms with E-state index in [1.54, 1.807) is 12.1 Å². The van der Waals surface area contributed by atoms with Gasteiger partial charge in [0, 0.05) is 10.6 Å². The van der Waals surface area contributed by atoms with E-state index in [1.807, 2.05) is 19.2 Å². The molecule has 9 heteroatoms. The van der Waals surface area contributed by atoms with E-state index in [1.165, 1.54) is 16.7 Å². The molecule has 1 aromatic rings. The van der Waals surface area contributed by atoms with Gasteiger partial charge >= 0.3 is 11.9 Å². The Morgan fingerprint density at radius 1 is 1.30 bits per heavy atom. The number of thioether (sulfide) groups is 1. The van der Waals surface area contributed by atoms with Gasteiger partial charge < -0.3 is 15.5 Å². The molecule has 0 aliphatic carbocycles. The number of fused-ring (bicyclic) bond motifs is 1. The van der Waals surface area contributed by atoms with Crippen molar-refractivity contribution in [3.63, 3.8) is 0 Å². The maximum absolute atomic E-state index is 13.0. The van der Waals surface area contributed by atoms with Crippen molar-refractivity contribution in [2.45, 2.75) is 36.2 Å². The van der Waals surface area contributed by atoms with Crippen LogP contribution in [0, 0.1) is 0 Å². The van der Waals surface area contributed by atoms with E-state index >= 15 is 0 Å². The fraction of sp³-hybridized carbons (Fsp3) is 0.500. The van der Waals surface area contributed by atoms with E-state index in [0.29, 0.717) is 24.3 Å². The van der Waals surface area contributed by atoms with Crippen LogP contribution in [0.1, 0.15) is 19.3 Å². The molecule has 148 valence electrons. The van der Waals surface area contributed by atoms with Gasteiger partial charge in [0.2, 0.25) is 5.91 Å². The molecule has 0 bridgehead atoms. The zero-order valence-electron chi connectivity index (χ0n) is 15.2. The monoisotopic (exact) mass is 395 g/mol. The molecule has 1 aromatic carbocycles. The molecule has 0 saturated carbocycles. The van der Waals surface area contributed by atoms with E-state index in [9.17, 15) is 24.6 Å². The standard InChI is InChI=1S/C18H25N3O5S/c1-19-9-5-4-6-12(18(25)26)20-13-11-27-15-8-3-2-7-14(15)21(17(13)24)10-16(22)23/h2-3,7-8,12-13,19-20H,4-6,9-11H2,1H3,(H,22,23)(H,25,26)/t12-,13-/m0/s1. The lowest BCUT2D eigenvalue weighted by atomic mass is 10.1. The lowest BCUT2D eigenvalue weighted by molar-refractivity contribution is -0.140. The van der Waals surface area contributed by atoms with Crippen LogP contribution in [0.5, 0.6) is 0 Å². The van der Waals surface area contributed by atoms with Crippen LogP contribution in [0.4, 0.5) is 5.69 Å². The maximum Gasteiger partial charge on any atom is 0.323 e. The molecule has 1 aliphatic rings. The summed E-state index contributed by atoms with van der Waals surface area (Å²) in [5, 5.41) is 24.6. The third-order valence-electron chi connectivity index (χ3n) is 4.29. The third-order valence-corrected chi connectivity index (χ3v) is 5.45. The molecule has 0 aromatic heterocycles. The first-order valence-electron chi connectivity index (χ1n) is 8.82. The van der Waals surface area contributed by atoms with Crippen molar-refractivity contribution < 1.29 is 24.6 Å². The minimum atomic E-state index is -1.12. The Bertz CT molecular complexity index is 685. The molecule has 2 atom stereocenters. The SMILES string of the molecule is CNCCCC[C@H](N[C@H]1CSc2ccccc2N(CC(=O)O)C1=O)C(=O)O. The molecular formula is C18H25N3O5S. The van der Waals surface area contributed by atoms with Crippen LogP contribution in [0.2, 0.25) is 0 Å². The van der Waals surface area contributed by atoms with Gasteiger partial charge in [-0.25, -0.2) is 0 Å². The number of hydrogen-bond donors (Lipinski definition) is 4. The molecule has 4 N–H and O–H groups in total. The molecule has 8 nitrogen and oxygen atoms in total. The smallest absolute Gasteiger partial charge is 0.323 e. The molecular weight excluding hydrogens is 370 g/mol. The van der Waals surface area contributed by atoms with Crippen LogP contribution < -0.4 is 15.5 Å². The minimum absolute atomic E-state index is 0.340. The van der Waals surface area contributed by atoms with Crippen molar-refractivity contribution in [2.24, 2.45) is 0 Å². The van der Waals surface area contributed by atoms with E-state index < -0.39 is 36.5 Å². The van der Waals surface area contributed by atoms with Gasteiger partial charge in [0.25, 0.3) is 0 Å². The van der Waals surface area contributed by atoms with Gasteiger partial charge in [-0.2, -0.15) is 0 Å². The summed E-state index contributed by atoms with van der Waals surface area (Å²) in [6, 6.07) is 5.48. The number of carboxylic acids is 2. The maximum atomic E-state index is 13.0. The molecule has 0 radical (unpaired) electrons. The first-order chi connectivity index (χ1) is 12.9. The predicted octanol–water partition coefficient (Wildman–Crippen LogP) is 1.01. The summed E-state index contributed by atoms with van der Waals surface area (Å²) >= 11 is 1.42. The second-order valence-corrected chi connectivity index (χ2v) is 7.37. The van der Waals surface area contributed by atoms with Crippen molar-refractivity contribution in [1.82, 2.24) is 10.6 Å². The summed E-state index contributed by atoms with van der Waals surface area (Å²) in [7, 11) is 1.84. The van der Waals surface area contributed by atoms with Gasteiger partial charge in [-0.05, 0) is 38.6 Å². The van der Waals surface area contributed by atoms with Gasteiger partial charge in [0.15, 0.2) is 0 Å². The normalized spacial score (nSPS) is 17.9. The highest BCUT2D eigenvalue weighted by molar-refractivity contribution is 7.99. The van der Waals surface area contributed by atoms with E-state index in [4.69, 9.17) is 0 Å². The highest BCUT2D eigenvalue weighted by Crippen LogP contribution is 2.34. The van der Waals surface area contributed by atoms with E-state index in [2.05, 4.69) is 10.6 Å². The molecule has 1 aliphatic heterocycles. The van der Waals surface area contributed by atoms with Crippen LogP contribution in [0.3, 0.4) is 0 Å². The largest absolute Gasteiger partial charge is 0.480 e. The van der Waals surface area contributed by atoms with Gasteiger partial charge in [-0.3, -0.25) is 24.6 Å². The van der Waals surface area contributed by atoms with Gasteiger partial charge in [0.05, 0.1) is 11.7 Å². The minimum Gasteiger partial charge on any atom is -0.480 e. The predicted molar refractivity (Wildman–Crippen MR) is 103 cm³/mol. The highest BCUT2D eigenvalue weighted by atomic mass is 32.2. The molecule has 0 fully saturated rings. The lowest BCUT2D eigenvalue weighted by Crippen LogP contribution is -2.53. The number of aliphatic carboxylic acids is 2. The topological polar surface area (TPSA) is 119 Å². The summed E-state index contributed by atoms with van der Waals surface area (Å²) in [4.78, 5) is 37.8. The Labute approximate surface area is 162 Å². The van der Waals surface area contributed by atoms with Gasteiger partial charge in [-0.15, -0.1) is 11.8 Å². The number of nitrogens with one attached hydrogen (secondary N) is 2. The number of carbonyl (C=O) groups is 3. The molecule has 0 spiro atoms. The number of para-hydroxylation sites is 1. The Kier molecular flexibility index (Phi) is 8.08. The van der Waals surface area contributed by atoms with Crippen molar-refractivity contribution in [1.29, 1.82) is 0 Å². The third kappa shape index (κ3) is 5.95. The fourth-order valence-electron chi connectivity index (χ4n) is 2.94. The van der Waals surface area contributed by atoms with Crippen LogP contribution in [-0.4, -0.2) is 66.0 Å². The molecule has 1 heterocycles. The number of hydrogen-bond acceptors (Lipinski definition) is 6. The van der Waals surface area contributed by atoms with Crippen LogP contribution in [-0.2, 0) is 14.4 Å². The second-order valence-electron chi connectivity index (χ2n) is 6.31. The van der Waals surface area contributed by atoms with Crippen LogP contribution in [0.25, 0.3) is 0 Å². The van der Waals surface area contributed by atoms with Gasteiger partial charge in [-0.1, -0.05) is 18.6 Å². The molecule has 0 unspecified atom stereocenters. The Hall–Kier alpha value is -2.10. The van der Waals surface area contributed by atoms with Crippen molar-refractivity contribution >= 4 is 35.3 Å². The Morgan fingerprint density at radius 2 is 2.04 bits per heavy atom. The highest BCUT2D eigenvalue weighted by Gasteiger charge is 2.34. The lowest BCUT2D eigenvalue weighted by Gasteiger charge is -2.26. The number of carboxylic acid groups (broad SMARTS) is 2. The average Bonchev–Trinajstić information content (AvgIpc) is 2.75. The molecule has 27 heavy (non-hydrogen) atoms. The zero-order chi connectivity index (χ0) is 19.8. The fourth-order valence-corrected chi connectivity index (χ4v) is 4.03. The zero-order valence-corrected chi connectivity index (χ0v) is 16.0. The number of unbranched alkanes of at least 4 members (excludes halogenated alkanes) is 1. The summed E-state index contributed by atoms with van der Waals surface area (Å²) in [5.74, 6) is -2.21. The number of nitrogens with zero attached hydrogens (tertiary/aromatic N) is 1. The van der Waals surface area contributed by atoms with E-state index in [-0.39, 0.29) is 0 Å². The summed E-state index contributed by atoms with van der Waals surface area (Å²) in [6.45, 7) is 0.334. The number of amides is 1. The molecule has 2 rings (SSSR count). The van der Waals surface area contributed by atoms with Crippen LogP contribution >= 0.6 is 11.8 Å². The first-order valence-corrected chi connectivity index (χ1v) is 9.81. The summed E-state index contributed by atoms with van der Waals surface area (Å²) in [5.41, 5.74) is 0.542. The second kappa shape index (κ2) is 10.3. The quantitative estimate of drug-likeness (QED) is 0.434. The number of carbonyl (C=O) groups excluding carboxylic acids is 1. The van der Waals surface area contributed by atoms with Crippen molar-refractivity contribution in [2.75, 3.05) is 30.8 Å². The van der Waals surface area contributed by atoms with Crippen molar-refractivity contribution in [3.8, 4) is 0 Å². The first kappa shape index (κ1) is 21.2. The van der Waals surface area contributed by atoms with E-state index in [0.717, 1.165) is 17.9 Å². The average molecular weight is 395 g/mol. The molecule has 1 amide bonds. The van der Waals surface area contributed by atoms with Crippen molar-refractivity contribution in [3.05, 3.63) is 24.3 Å². The Morgan fingerprint density at radius 3 is 2.70 bits per heavy atom. The Balaban J connectivity index is 2.15. The summed E-state index contributed by atoms with van der Waals surface area (Å²) in [6.07, 6.45) is 1.95. The number of rotatable bonds is 10. The summed E-state index contributed by atoms with van der Waals surface area (Å²) < 4.78 is 0. The van der Waals surface area contributed by atoms with Gasteiger partial charge in [0.1, 0.15) is 12.6 Å². The number of benzene rings is 1. The molecule has 0 saturated heterocycles. The van der Waals surface area contributed by atoms with Crippen LogP contribution in [0.15, 0.2) is 29.2 Å².